The summed E-state index contributed by atoms with van der Waals surface area (Å²) >= 11 is 0. The number of nitrogens with one attached hydrogen (secondary N) is 3. The molecule has 0 aliphatic heterocycles. The Morgan fingerprint density at radius 1 is 1.07 bits per heavy atom. The van der Waals surface area contributed by atoms with Gasteiger partial charge in [0.25, 0.3) is 0 Å². The van der Waals surface area contributed by atoms with E-state index in [9.17, 15) is 8.42 Å². The van der Waals surface area contributed by atoms with E-state index in [0.29, 0.717) is 30.4 Å². The highest BCUT2D eigenvalue weighted by Gasteiger charge is 2.21. The molecule has 3 rings (SSSR count). The van der Waals surface area contributed by atoms with Crippen molar-refractivity contribution in [3.63, 3.8) is 0 Å². The van der Waals surface area contributed by atoms with Crippen LogP contribution in [0.2, 0.25) is 0 Å². The number of nitrogens with zero attached hydrogens (tertiary/aromatic N) is 2. The van der Waals surface area contributed by atoms with E-state index >= 15 is 0 Å². The fraction of sp³-hybridized carbons (Fsp3) is 0.300. The van der Waals surface area contributed by atoms with Crippen LogP contribution in [0.1, 0.15) is 20.3 Å². The number of anilines is 3. The molecule has 8 nitrogen and oxygen atoms in total. The molecule has 0 spiro atoms. The first-order valence-electron chi connectivity index (χ1n) is 9.38. The quantitative estimate of drug-likeness (QED) is 0.396. The molecule has 0 bridgehead atoms. The van der Waals surface area contributed by atoms with Crippen molar-refractivity contribution in [2.24, 2.45) is 0 Å². The third-order valence-electron chi connectivity index (χ3n) is 4.31. The second-order valence-electron chi connectivity index (χ2n) is 6.83. The first-order chi connectivity index (χ1) is 13.9. The summed E-state index contributed by atoms with van der Waals surface area (Å²) in [7, 11) is -3.48. The lowest BCUT2D eigenvalue weighted by molar-refractivity contribution is 0.292. The molecule has 0 atom stereocenters. The van der Waals surface area contributed by atoms with Crippen LogP contribution in [0.3, 0.4) is 0 Å². The largest absolute Gasteiger partial charge is 0.396 e. The predicted octanol–water partition coefficient (Wildman–Crippen LogP) is 3.19. The lowest BCUT2D eigenvalue weighted by atomic mass is 10.2. The van der Waals surface area contributed by atoms with Gasteiger partial charge in [-0.1, -0.05) is 30.3 Å². The molecular formula is C20H25N5O3S. The minimum absolute atomic E-state index is 0.0393. The van der Waals surface area contributed by atoms with E-state index in [-0.39, 0.29) is 11.5 Å². The number of aliphatic hydroxyl groups is 1. The van der Waals surface area contributed by atoms with Crippen molar-refractivity contribution in [2.45, 2.75) is 30.4 Å². The van der Waals surface area contributed by atoms with Crippen LogP contribution in [0, 0.1) is 0 Å². The molecular weight excluding hydrogens is 390 g/mol. The van der Waals surface area contributed by atoms with Gasteiger partial charge in [-0.2, -0.15) is 5.10 Å². The molecule has 2 aromatic heterocycles. The number of hydrogen-bond donors (Lipinski definition) is 4. The molecule has 0 aliphatic rings. The monoisotopic (exact) mass is 415 g/mol. The van der Waals surface area contributed by atoms with Crippen LogP contribution < -0.4 is 10.6 Å². The molecule has 0 aliphatic carbocycles. The Bertz CT molecular complexity index is 1050. The lowest BCUT2D eigenvalue weighted by Gasteiger charge is -2.13. The van der Waals surface area contributed by atoms with Crippen molar-refractivity contribution in [3.05, 3.63) is 48.5 Å². The summed E-state index contributed by atoms with van der Waals surface area (Å²) in [6.45, 7) is 3.80. The second kappa shape index (κ2) is 9.06. The van der Waals surface area contributed by atoms with Gasteiger partial charge in [0.2, 0.25) is 0 Å². The lowest BCUT2D eigenvalue weighted by Crippen LogP contribution is -2.15. The van der Waals surface area contributed by atoms with E-state index in [1.807, 2.05) is 36.4 Å². The van der Waals surface area contributed by atoms with E-state index in [4.69, 9.17) is 5.11 Å². The Hall–Kier alpha value is -2.91. The second-order valence-corrected chi connectivity index (χ2v) is 9.33. The van der Waals surface area contributed by atoms with Crippen molar-refractivity contribution in [1.29, 1.82) is 0 Å². The highest BCUT2D eigenvalue weighted by molar-refractivity contribution is 7.92. The zero-order chi connectivity index (χ0) is 20.9. The predicted molar refractivity (Wildman–Crippen MR) is 114 cm³/mol. The number of hydrogen-bond acceptors (Lipinski definition) is 7. The molecule has 0 saturated heterocycles. The average Bonchev–Trinajstić information content (AvgIpc) is 3.17. The Kier molecular flexibility index (Phi) is 6.50. The normalized spacial score (nSPS) is 11.6. The van der Waals surface area contributed by atoms with Crippen LogP contribution >= 0.6 is 0 Å². The van der Waals surface area contributed by atoms with Gasteiger partial charge in [0.05, 0.1) is 15.8 Å². The van der Waals surface area contributed by atoms with Crippen molar-refractivity contribution in [3.8, 4) is 11.3 Å². The highest BCUT2D eigenvalue weighted by Crippen LogP contribution is 2.26. The number of aromatic amines is 1. The van der Waals surface area contributed by atoms with E-state index in [1.54, 1.807) is 13.8 Å². The summed E-state index contributed by atoms with van der Waals surface area (Å²) in [5, 5.41) is 21.7. The molecule has 2 heterocycles. The SMILES string of the molecule is CC(C)S(=O)(=O)c1cc(NCCCO)nc(Nc2cc(-c3ccccc3)[nH]n2)c1. The number of aliphatic hydroxyl groups excluding tert-OH is 1. The topological polar surface area (TPSA) is 120 Å². The van der Waals surface area contributed by atoms with Crippen molar-refractivity contribution >= 4 is 27.3 Å². The summed E-state index contributed by atoms with van der Waals surface area (Å²) in [4.78, 5) is 4.61. The third-order valence-corrected chi connectivity index (χ3v) is 6.44. The maximum atomic E-state index is 12.7. The smallest absolute Gasteiger partial charge is 0.180 e. The molecule has 3 aromatic rings. The Morgan fingerprint density at radius 3 is 2.48 bits per heavy atom. The van der Waals surface area contributed by atoms with Crippen LogP contribution in [0.15, 0.2) is 53.4 Å². The highest BCUT2D eigenvalue weighted by atomic mass is 32.2. The van der Waals surface area contributed by atoms with Gasteiger partial charge >= 0.3 is 0 Å². The molecule has 1 aromatic carbocycles. The first-order valence-corrected chi connectivity index (χ1v) is 10.9. The molecule has 0 radical (unpaired) electrons. The number of benzene rings is 1. The Morgan fingerprint density at radius 2 is 1.79 bits per heavy atom. The number of H-pyrrole nitrogens is 1. The molecule has 0 fully saturated rings. The van der Waals surface area contributed by atoms with Crippen LogP contribution in [0.5, 0.6) is 0 Å². The number of aromatic nitrogens is 3. The van der Waals surface area contributed by atoms with Crippen molar-refractivity contribution < 1.29 is 13.5 Å². The van der Waals surface area contributed by atoms with Crippen molar-refractivity contribution in [2.75, 3.05) is 23.8 Å². The molecule has 0 amide bonds. The van der Waals surface area contributed by atoms with Gasteiger partial charge < -0.3 is 15.7 Å². The summed E-state index contributed by atoms with van der Waals surface area (Å²) in [5.41, 5.74) is 1.82. The van der Waals surface area contributed by atoms with Crippen LogP contribution in [-0.4, -0.2) is 47.1 Å². The molecule has 9 heteroatoms. The van der Waals surface area contributed by atoms with Gasteiger partial charge in [0.1, 0.15) is 11.6 Å². The van der Waals surface area contributed by atoms with Gasteiger partial charge in [0.15, 0.2) is 15.7 Å². The average molecular weight is 416 g/mol. The number of pyridine rings is 1. The minimum atomic E-state index is -3.48. The molecule has 0 unspecified atom stereocenters. The van der Waals surface area contributed by atoms with Crippen LogP contribution in [0.25, 0.3) is 11.3 Å². The minimum Gasteiger partial charge on any atom is -0.396 e. The third kappa shape index (κ3) is 5.12. The van der Waals surface area contributed by atoms with E-state index in [1.165, 1.54) is 12.1 Å². The molecule has 4 N–H and O–H groups in total. The van der Waals surface area contributed by atoms with Gasteiger partial charge in [-0.05, 0) is 38.0 Å². The summed E-state index contributed by atoms with van der Waals surface area (Å²) < 4.78 is 25.3. The van der Waals surface area contributed by atoms with Gasteiger partial charge in [-0.3, -0.25) is 5.10 Å². The fourth-order valence-corrected chi connectivity index (χ4v) is 3.77. The number of rotatable bonds is 9. The first kappa shape index (κ1) is 20.8. The van der Waals surface area contributed by atoms with E-state index in [0.717, 1.165) is 11.3 Å². The zero-order valence-electron chi connectivity index (χ0n) is 16.4. The standard InChI is InChI=1S/C20H25N5O3S/c1-14(2)29(27,28)16-11-18(21-9-6-10-26)22-19(12-16)23-20-13-17(24-25-20)15-7-4-3-5-8-15/h3-5,7-8,11-14,26H,6,9-10H2,1-2H3,(H3,21,22,23,24,25). The van der Waals surface area contributed by atoms with Crippen LogP contribution in [0.4, 0.5) is 17.5 Å². The fourth-order valence-electron chi connectivity index (χ4n) is 2.67. The van der Waals surface area contributed by atoms with Crippen molar-refractivity contribution in [1.82, 2.24) is 15.2 Å². The van der Waals surface area contributed by atoms with Gasteiger partial charge in [0, 0.05) is 19.2 Å². The Balaban J connectivity index is 1.89. The van der Waals surface area contributed by atoms with Gasteiger partial charge in [-0.25, -0.2) is 13.4 Å². The summed E-state index contributed by atoms with van der Waals surface area (Å²) in [5.74, 6) is 1.31. The molecule has 0 saturated carbocycles. The summed E-state index contributed by atoms with van der Waals surface area (Å²) in [6, 6.07) is 14.6. The zero-order valence-corrected chi connectivity index (χ0v) is 17.2. The van der Waals surface area contributed by atoms with Gasteiger partial charge in [-0.15, -0.1) is 0 Å². The van der Waals surface area contributed by atoms with Crippen LogP contribution in [-0.2, 0) is 9.84 Å². The van der Waals surface area contributed by atoms with E-state index in [2.05, 4.69) is 25.8 Å². The molecule has 29 heavy (non-hydrogen) atoms. The Labute approximate surface area is 170 Å². The summed E-state index contributed by atoms with van der Waals surface area (Å²) in [6.07, 6.45) is 0.533. The maximum Gasteiger partial charge on any atom is 0.180 e. The van der Waals surface area contributed by atoms with E-state index < -0.39 is 15.1 Å². The molecule has 154 valence electrons. The maximum absolute atomic E-state index is 12.7. The number of sulfone groups is 1.